The van der Waals surface area contributed by atoms with E-state index in [0.29, 0.717) is 0 Å². The van der Waals surface area contributed by atoms with Crippen LogP contribution >= 0.6 is 11.3 Å². The Labute approximate surface area is 116 Å². The minimum absolute atomic E-state index is 0.777. The summed E-state index contributed by atoms with van der Waals surface area (Å²) >= 11 is 1.77. The molecule has 3 rings (SSSR count). The summed E-state index contributed by atoms with van der Waals surface area (Å²) < 4.78 is 6.77. The van der Waals surface area contributed by atoms with Crippen molar-refractivity contribution >= 4 is 21.6 Å². The number of nitrogens with one attached hydrogen (secondary N) is 1. The summed E-state index contributed by atoms with van der Waals surface area (Å²) in [5.74, 6) is 1.95. The zero-order chi connectivity index (χ0) is 13.1. The van der Waals surface area contributed by atoms with Gasteiger partial charge in [-0.05, 0) is 31.2 Å². The summed E-state index contributed by atoms with van der Waals surface area (Å²) in [6, 6.07) is 12.3. The van der Waals surface area contributed by atoms with Crippen molar-refractivity contribution in [2.75, 3.05) is 6.54 Å². The van der Waals surface area contributed by atoms with Crippen LogP contribution in [0.2, 0.25) is 0 Å². The second-order valence-corrected chi connectivity index (χ2v) is 5.63. The molecule has 19 heavy (non-hydrogen) atoms. The van der Waals surface area contributed by atoms with Crippen LogP contribution in [0.25, 0.3) is 10.2 Å². The molecule has 0 fully saturated rings. The highest BCUT2D eigenvalue weighted by Gasteiger charge is 2.03. The van der Waals surface area contributed by atoms with Gasteiger partial charge in [0.25, 0.3) is 0 Å². The smallest absolute Gasteiger partial charge is 0.117 e. The van der Waals surface area contributed by atoms with E-state index in [0.717, 1.165) is 36.5 Å². The third kappa shape index (κ3) is 3.03. The highest BCUT2D eigenvalue weighted by Crippen LogP contribution is 2.21. The fraction of sp³-hybridized carbons (Fsp3) is 0.267. The molecule has 0 atom stereocenters. The molecule has 0 amide bonds. The van der Waals surface area contributed by atoms with E-state index < -0.39 is 0 Å². The summed E-state index contributed by atoms with van der Waals surface area (Å²) in [5.41, 5.74) is 1.10. The van der Waals surface area contributed by atoms with Gasteiger partial charge in [-0.3, -0.25) is 0 Å². The zero-order valence-corrected chi connectivity index (χ0v) is 11.7. The molecule has 0 radical (unpaired) electrons. The summed E-state index contributed by atoms with van der Waals surface area (Å²) in [6.07, 6.45) is 0.957. The van der Waals surface area contributed by atoms with Gasteiger partial charge in [-0.2, -0.15) is 0 Å². The number of nitrogens with zero attached hydrogens (tertiary/aromatic N) is 1. The molecule has 2 heterocycles. The minimum Gasteiger partial charge on any atom is -0.465 e. The predicted octanol–water partition coefficient (Wildman–Crippen LogP) is 3.53. The summed E-state index contributed by atoms with van der Waals surface area (Å²) in [7, 11) is 0. The van der Waals surface area contributed by atoms with Crippen LogP contribution in [0.5, 0.6) is 0 Å². The van der Waals surface area contributed by atoms with Gasteiger partial charge in [0.05, 0.1) is 21.8 Å². The van der Waals surface area contributed by atoms with Crippen LogP contribution in [0.4, 0.5) is 0 Å². The Morgan fingerprint density at radius 3 is 2.89 bits per heavy atom. The van der Waals surface area contributed by atoms with Gasteiger partial charge >= 0.3 is 0 Å². The number of hydrogen-bond acceptors (Lipinski definition) is 4. The Bertz CT molecular complexity index is 638. The van der Waals surface area contributed by atoms with Gasteiger partial charge in [0.15, 0.2) is 0 Å². The van der Waals surface area contributed by atoms with Gasteiger partial charge in [0.1, 0.15) is 11.5 Å². The third-order valence-corrected chi connectivity index (χ3v) is 4.05. The maximum absolute atomic E-state index is 5.51. The number of aryl methyl sites for hydroxylation is 1. The first-order valence-corrected chi connectivity index (χ1v) is 7.23. The molecule has 2 aromatic heterocycles. The Morgan fingerprint density at radius 2 is 2.11 bits per heavy atom. The largest absolute Gasteiger partial charge is 0.465 e. The fourth-order valence-corrected chi connectivity index (χ4v) is 2.98. The van der Waals surface area contributed by atoms with Crippen molar-refractivity contribution < 1.29 is 4.42 Å². The Kier molecular flexibility index (Phi) is 3.62. The van der Waals surface area contributed by atoms with E-state index in [4.69, 9.17) is 4.42 Å². The molecule has 0 aliphatic rings. The summed E-state index contributed by atoms with van der Waals surface area (Å²) in [5, 5.41) is 4.57. The Hall–Kier alpha value is -1.65. The topological polar surface area (TPSA) is 38.1 Å². The fourth-order valence-electron chi connectivity index (χ4n) is 2.01. The number of para-hydroxylation sites is 1. The average Bonchev–Trinajstić information content (AvgIpc) is 3.00. The van der Waals surface area contributed by atoms with Crippen LogP contribution in [-0.4, -0.2) is 11.5 Å². The first-order chi connectivity index (χ1) is 9.31. The Balaban J connectivity index is 1.52. The molecule has 0 spiro atoms. The van der Waals surface area contributed by atoms with Gasteiger partial charge in [0.2, 0.25) is 0 Å². The van der Waals surface area contributed by atoms with Crippen molar-refractivity contribution in [2.24, 2.45) is 0 Å². The summed E-state index contributed by atoms with van der Waals surface area (Å²) in [6.45, 7) is 3.66. The quantitative estimate of drug-likeness (QED) is 0.722. The maximum atomic E-state index is 5.51. The lowest BCUT2D eigenvalue weighted by atomic mass is 10.3. The Morgan fingerprint density at radius 1 is 1.21 bits per heavy atom. The average molecular weight is 272 g/mol. The molecular weight excluding hydrogens is 256 g/mol. The standard InChI is InChI=1S/C15H16N2OS/c1-11-6-7-12(18-11)10-16-9-8-15-17-13-4-2-3-5-14(13)19-15/h2-7,16H,8-10H2,1H3. The molecule has 3 nitrogen and oxygen atoms in total. The molecule has 3 aromatic rings. The van der Waals surface area contributed by atoms with Crippen LogP contribution in [0.15, 0.2) is 40.8 Å². The molecular formula is C15H16N2OS. The second-order valence-electron chi connectivity index (χ2n) is 4.51. The molecule has 0 bridgehead atoms. The van der Waals surface area contributed by atoms with Crippen molar-refractivity contribution in [3.05, 3.63) is 52.9 Å². The van der Waals surface area contributed by atoms with Gasteiger partial charge in [-0.15, -0.1) is 11.3 Å². The van der Waals surface area contributed by atoms with Crippen LogP contribution < -0.4 is 5.32 Å². The first-order valence-electron chi connectivity index (χ1n) is 6.42. The predicted molar refractivity (Wildman–Crippen MR) is 78.5 cm³/mol. The number of hydrogen-bond donors (Lipinski definition) is 1. The van der Waals surface area contributed by atoms with E-state index in [9.17, 15) is 0 Å². The van der Waals surface area contributed by atoms with E-state index in [2.05, 4.69) is 28.5 Å². The van der Waals surface area contributed by atoms with Crippen molar-refractivity contribution in [2.45, 2.75) is 19.9 Å². The monoisotopic (exact) mass is 272 g/mol. The van der Waals surface area contributed by atoms with Crippen LogP contribution in [0, 0.1) is 6.92 Å². The molecule has 4 heteroatoms. The lowest BCUT2D eigenvalue weighted by molar-refractivity contribution is 0.463. The number of benzene rings is 1. The van der Waals surface area contributed by atoms with Gasteiger partial charge in [-0.25, -0.2) is 4.98 Å². The van der Waals surface area contributed by atoms with Crippen LogP contribution in [0.1, 0.15) is 16.5 Å². The van der Waals surface area contributed by atoms with E-state index in [1.165, 1.54) is 9.71 Å². The number of fused-ring (bicyclic) bond motifs is 1. The van der Waals surface area contributed by atoms with Crippen LogP contribution in [0.3, 0.4) is 0 Å². The van der Waals surface area contributed by atoms with Crippen molar-refractivity contribution in [1.29, 1.82) is 0 Å². The molecule has 0 aliphatic carbocycles. The SMILES string of the molecule is Cc1ccc(CNCCc2nc3ccccc3s2)o1. The lowest BCUT2D eigenvalue weighted by Gasteiger charge is -2.00. The highest BCUT2D eigenvalue weighted by atomic mass is 32.1. The van der Waals surface area contributed by atoms with Crippen molar-refractivity contribution in [3.8, 4) is 0 Å². The van der Waals surface area contributed by atoms with Crippen molar-refractivity contribution in [1.82, 2.24) is 10.3 Å². The van der Waals surface area contributed by atoms with Crippen LogP contribution in [-0.2, 0) is 13.0 Å². The highest BCUT2D eigenvalue weighted by molar-refractivity contribution is 7.18. The van der Waals surface area contributed by atoms with E-state index in [1.54, 1.807) is 11.3 Å². The molecule has 1 aromatic carbocycles. The van der Waals surface area contributed by atoms with E-state index in [-0.39, 0.29) is 0 Å². The lowest BCUT2D eigenvalue weighted by Crippen LogP contribution is -2.16. The number of thiazole rings is 1. The molecule has 0 saturated heterocycles. The number of aromatic nitrogens is 1. The molecule has 0 unspecified atom stereocenters. The summed E-state index contributed by atoms with van der Waals surface area (Å²) in [4.78, 5) is 4.62. The normalized spacial score (nSPS) is 11.2. The molecule has 98 valence electrons. The maximum Gasteiger partial charge on any atom is 0.117 e. The van der Waals surface area contributed by atoms with E-state index >= 15 is 0 Å². The minimum atomic E-state index is 0.777. The third-order valence-electron chi connectivity index (χ3n) is 2.95. The van der Waals surface area contributed by atoms with Crippen molar-refractivity contribution in [3.63, 3.8) is 0 Å². The molecule has 0 aliphatic heterocycles. The van der Waals surface area contributed by atoms with Gasteiger partial charge < -0.3 is 9.73 Å². The molecule has 0 saturated carbocycles. The van der Waals surface area contributed by atoms with Gasteiger partial charge in [-0.1, -0.05) is 12.1 Å². The number of furan rings is 1. The van der Waals surface area contributed by atoms with Gasteiger partial charge in [0, 0.05) is 13.0 Å². The van der Waals surface area contributed by atoms with E-state index in [1.807, 2.05) is 25.1 Å². The first kappa shape index (κ1) is 12.4. The zero-order valence-electron chi connectivity index (χ0n) is 10.8. The second kappa shape index (κ2) is 5.55. The molecule has 1 N–H and O–H groups in total. The number of rotatable bonds is 5.